The second-order valence-electron chi connectivity index (χ2n) is 5.72. The molecule has 0 amide bonds. The van der Waals surface area contributed by atoms with Crippen molar-refractivity contribution in [3.8, 4) is 5.75 Å². The van der Waals surface area contributed by atoms with Crippen molar-refractivity contribution < 1.29 is 13.9 Å². The minimum atomic E-state index is -0.452. The van der Waals surface area contributed by atoms with E-state index in [0.717, 1.165) is 12.8 Å². The topological polar surface area (TPSA) is 26.3 Å². The Balaban J connectivity index is 2.22. The van der Waals surface area contributed by atoms with E-state index in [4.69, 9.17) is 4.74 Å². The zero-order valence-electron chi connectivity index (χ0n) is 11.1. The maximum Gasteiger partial charge on any atom is 0.170 e. The molecular weight excluding hydrogens is 231 g/mol. The zero-order chi connectivity index (χ0) is 13.3. The van der Waals surface area contributed by atoms with Crippen molar-refractivity contribution in [1.29, 1.82) is 0 Å². The number of benzene rings is 1. The van der Waals surface area contributed by atoms with Crippen molar-refractivity contribution in [2.24, 2.45) is 5.92 Å². The highest BCUT2D eigenvalue weighted by Crippen LogP contribution is 2.36. The summed E-state index contributed by atoms with van der Waals surface area (Å²) in [5.41, 5.74) is -0.0800. The summed E-state index contributed by atoms with van der Waals surface area (Å²) in [7, 11) is 0. The minimum absolute atomic E-state index is 0.0259. The van der Waals surface area contributed by atoms with E-state index in [-0.39, 0.29) is 5.78 Å². The normalized spacial score (nSPS) is 22.8. The summed E-state index contributed by atoms with van der Waals surface area (Å²) < 4.78 is 19.0. The molecule has 1 unspecified atom stereocenters. The Bertz CT molecular complexity index is 468. The molecule has 0 aliphatic carbocycles. The maximum absolute atomic E-state index is 13.1. The lowest BCUT2D eigenvalue weighted by atomic mass is 9.86. The highest BCUT2D eigenvalue weighted by atomic mass is 19.1. The second kappa shape index (κ2) is 4.71. The van der Waals surface area contributed by atoms with E-state index in [2.05, 4.69) is 13.8 Å². The molecule has 0 saturated heterocycles. The monoisotopic (exact) mass is 250 g/mol. The summed E-state index contributed by atoms with van der Waals surface area (Å²) >= 11 is 0. The molecule has 0 bridgehead atoms. The van der Waals surface area contributed by atoms with Crippen LogP contribution in [0.1, 0.15) is 50.4 Å². The van der Waals surface area contributed by atoms with Crippen LogP contribution >= 0.6 is 0 Å². The lowest BCUT2D eigenvalue weighted by molar-refractivity contribution is 0.0434. The Labute approximate surface area is 107 Å². The van der Waals surface area contributed by atoms with Gasteiger partial charge in [0.05, 0.1) is 12.0 Å². The van der Waals surface area contributed by atoms with E-state index in [0.29, 0.717) is 23.7 Å². The van der Waals surface area contributed by atoms with Crippen molar-refractivity contribution in [2.75, 3.05) is 0 Å². The smallest absolute Gasteiger partial charge is 0.170 e. The molecule has 1 atom stereocenters. The Kier molecular flexibility index (Phi) is 3.42. The standard InChI is InChI=1S/C15H19FO2/c1-10(2)6-7-15(3)9-13(17)12-8-11(16)4-5-14(12)18-15/h4-5,8,10H,6-7,9H2,1-3H3. The molecule has 1 aromatic carbocycles. The van der Waals surface area contributed by atoms with E-state index < -0.39 is 11.4 Å². The predicted octanol–water partition coefficient (Wildman–Crippen LogP) is 3.99. The number of rotatable bonds is 3. The molecule has 1 aliphatic heterocycles. The lowest BCUT2D eigenvalue weighted by Crippen LogP contribution is -2.39. The lowest BCUT2D eigenvalue weighted by Gasteiger charge is -2.35. The third-order valence-electron chi connectivity index (χ3n) is 3.38. The van der Waals surface area contributed by atoms with Crippen LogP contribution in [0.15, 0.2) is 18.2 Å². The van der Waals surface area contributed by atoms with Gasteiger partial charge in [-0.2, -0.15) is 0 Å². The molecule has 0 spiro atoms. The third-order valence-corrected chi connectivity index (χ3v) is 3.38. The molecule has 3 heteroatoms. The fraction of sp³-hybridized carbons (Fsp3) is 0.533. The van der Waals surface area contributed by atoms with Crippen molar-refractivity contribution in [3.63, 3.8) is 0 Å². The molecule has 0 fully saturated rings. The molecule has 0 radical (unpaired) electrons. The zero-order valence-corrected chi connectivity index (χ0v) is 11.1. The molecule has 0 saturated carbocycles. The van der Waals surface area contributed by atoms with Crippen LogP contribution in [0.5, 0.6) is 5.75 Å². The summed E-state index contributed by atoms with van der Waals surface area (Å²) in [6, 6.07) is 4.15. The van der Waals surface area contributed by atoms with Crippen LogP contribution in [0, 0.1) is 11.7 Å². The van der Waals surface area contributed by atoms with Crippen LogP contribution < -0.4 is 4.74 Å². The van der Waals surface area contributed by atoms with Crippen LogP contribution in [-0.2, 0) is 0 Å². The largest absolute Gasteiger partial charge is 0.486 e. The van der Waals surface area contributed by atoms with Gasteiger partial charge in [-0.05, 0) is 43.9 Å². The first-order valence-electron chi connectivity index (χ1n) is 6.41. The van der Waals surface area contributed by atoms with Gasteiger partial charge in [0.15, 0.2) is 5.78 Å². The third kappa shape index (κ3) is 2.71. The van der Waals surface area contributed by atoms with Crippen LogP contribution in [0.4, 0.5) is 4.39 Å². The Morgan fingerprint density at radius 1 is 1.44 bits per heavy atom. The highest BCUT2D eigenvalue weighted by molar-refractivity contribution is 6.00. The molecule has 18 heavy (non-hydrogen) atoms. The molecule has 0 aromatic heterocycles. The van der Waals surface area contributed by atoms with Gasteiger partial charge in [-0.1, -0.05) is 13.8 Å². The number of carbonyl (C=O) groups excluding carboxylic acids is 1. The van der Waals surface area contributed by atoms with E-state index in [1.807, 2.05) is 6.92 Å². The van der Waals surface area contributed by atoms with Gasteiger partial charge in [-0.3, -0.25) is 4.79 Å². The van der Waals surface area contributed by atoms with Gasteiger partial charge >= 0.3 is 0 Å². The average molecular weight is 250 g/mol. The molecule has 1 aliphatic rings. The van der Waals surface area contributed by atoms with Crippen LogP contribution in [0.2, 0.25) is 0 Å². The fourth-order valence-electron chi connectivity index (χ4n) is 2.28. The van der Waals surface area contributed by atoms with Gasteiger partial charge in [0, 0.05) is 0 Å². The molecule has 1 aromatic rings. The molecule has 2 nitrogen and oxygen atoms in total. The Hall–Kier alpha value is -1.38. The summed E-state index contributed by atoms with van der Waals surface area (Å²) in [6.07, 6.45) is 2.18. The highest BCUT2D eigenvalue weighted by Gasteiger charge is 2.36. The molecule has 0 N–H and O–H groups in total. The van der Waals surface area contributed by atoms with Gasteiger partial charge in [-0.25, -0.2) is 4.39 Å². The number of carbonyl (C=O) groups is 1. The van der Waals surface area contributed by atoms with Gasteiger partial charge in [0.25, 0.3) is 0 Å². The first-order valence-corrected chi connectivity index (χ1v) is 6.41. The Morgan fingerprint density at radius 3 is 2.83 bits per heavy atom. The summed E-state index contributed by atoms with van der Waals surface area (Å²) in [5.74, 6) is 0.674. The number of fused-ring (bicyclic) bond motifs is 1. The van der Waals surface area contributed by atoms with Gasteiger partial charge < -0.3 is 4.74 Å². The number of ketones is 1. The van der Waals surface area contributed by atoms with Crippen LogP contribution in [0.25, 0.3) is 0 Å². The summed E-state index contributed by atoms with van der Waals surface area (Å²) in [6.45, 7) is 6.26. The van der Waals surface area contributed by atoms with Crippen molar-refractivity contribution >= 4 is 5.78 Å². The fourth-order valence-corrected chi connectivity index (χ4v) is 2.28. The predicted molar refractivity (Wildman–Crippen MR) is 68.5 cm³/mol. The SMILES string of the molecule is CC(C)CCC1(C)CC(=O)c2cc(F)ccc2O1. The first-order chi connectivity index (χ1) is 8.39. The van der Waals surface area contributed by atoms with Gasteiger partial charge in [0.1, 0.15) is 17.2 Å². The quantitative estimate of drug-likeness (QED) is 0.811. The van der Waals surface area contributed by atoms with Crippen molar-refractivity contribution in [2.45, 2.75) is 45.6 Å². The molecule has 2 rings (SSSR count). The Morgan fingerprint density at radius 2 is 2.17 bits per heavy atom. The number of halogens is 1. The molecule has 98 valence electrons. The second-order valence-corrected chi connectivity index (χ2v) is 5.72. The average Bonchev–Trinajstić information content (AvgIpc) is 2.28. The summed E-state index contributed by atoms with van der Waals surface area (Å²) in [5, 5.41) is 0. The van der Waals surface area contributed by atoms with Crippen LogP contribution in [-0.4, -0.2) is 11.4 Å². The molecule has 1 heterocycles. The minimum Gasteiger partial charge on any atom is -0.486 e. The van der Waals surface area contributed by atoms with Gasteiger partial charge in [-0.15, -0.1) is 0 Å². The van der Waals surface area contributed by atoms with E-state index >= 15 is 0 Å². The number of hydrogen-bond donors (Lipinski definition) is 0. The first kappa shape index (κ1) is 13.1. The number of ether oxygens (including phenoxy) is 1. The number of hydrogen-bond acceptors (Lipinski definition) is 2. The van der Waals surface area contributed by atoms with Crippen molar-refractivity contribution in [1.82, 2.24) is 0 Å². The van der Waals surface area contributed by atoms with E-state index in [1.54, 1.807) is 6.07 Å². The van der Waals surface area contributed by atoms with Crippen molar-refractivity contribution in [3.05, 3.63) is 29.6 Å². The van der Waals surface area contributed by atoms with E-state index in [9.17, 15) is 9.18 Å². The molecular formula is C15H19FO2. The summed E-state index contributed by atoms with van der Waals surface area (Å²) in [4.78, 5) is 12.1. The van der Waals surface area contributed by atoms with Gasteiger partial charge in [0.2, 0.25) is 0 Å². The maximum atomic E-state index is 13.1. The van der Waals surface area contributed by atoms with E-state index in [1.165, 1.54) is 12.1 Å². The van der Waals surface area contributed by atoms with Crippen LogP contribution in [0.3, 0.4) is 0 Å². The number of Topliss-reactive ketones (excluding diaryl/α,β-unsaturated/α-hetero) is 1.